The molecule has 3 heterocycles. The first-order chi connectivity index (χ1) is 14.9. The molecule has 3 aromatic heterocycles. The van der Waals surface area contributed by atoms with E-state index in [9.17, 15) is 14.0 Å². The minimum absolute atomic E-state index is 0.249. The number of aryl methyl sites for hydroxylation is 3. The van der Waals surface area contributed by atoms with Crippen molar-refractivity contribution < 1.29 is 13.7 Å². The zero-order valence-corrected chi connectivity index (χ0v) is 17.4. The standard InChI is InChI=1S/C22H22FN5O3/c1-4-17-21(13(3)31-27-17)22(30)25-18(14-5-7-15(23)8-6-14)10-16-11-20(29)28-19(24-16)9-12(2)26-28/h5-9,11,18,26H,4,10H2,1-3H3,(H,25,30). The van der Waals surface area contributed by atoms with E-state index in [0.717, 1.165) is 5.69 Å². The molecule has 0 saturated carbocycles. The Balaban J connectivity index is 1.69. The normalized spacial score (nSPS) is 12.3. The Morgan fingerprint density at radius 3 is 2.71 bits per heavy atom. The molecule has 1 aromatic carbocycles. The summed E-state index contributed by atoms with van der Waals surface area (Å²) in [5, 5.41) is 9.84. The van der Waals surface area contributed by atoms with Gasteiger partial charge >= 0.3 is 0 Å². The summed E-state index contributed by atoms with van der Waals surface area (Å²) in [6, 6.07) is 8.52. The molecule has 1 atom stereocenters. The van der Waals surface area contributed by atoms with Crippen LogP contribution in [0.3, 0.4) is 0 Å². The van der Waals surface area contributed by atoms with Gasteiger partial charge in [0.15, 0.2) is 5.65 Å². The van der Waals surface area contributed by atoms with E-state index in [1.165, 1.54) is 22.7 Å². The van der Waals surface area contributed by atoms with Crippen LogP contribution in [0.2, 0.25) is 0 Å². The summed E-state index contributed by atoms with van der Waals surface area (Å²) >= 11 is 0. The zero-order chi connectivity index (χ0) is 22.1. The van der Waals surface area contributed by atoms with Gasteiger partial charge < -0.3 is 9.84 Å². The molecular formula is C22H22FN5O3. The van der Waals surface area contributed by atoms with Crippen molar-refractivity contribution >= 4 is 11.6 Å². The van der Waals surface area contributed by atoms with E-state index in [4.69, 9.17) is 4.52 Å². The third-order valence-electron chi connectivity index (χ3n) is 5.12. The number of fused-ring (bicyclic) bond motifs is 1. The second-order valence-electron chi connectivity index (χ2n) is 7.41. The Hall–Kier alpha value is -3.75. The van der Waals surface area contributed by atoms with Crippen molar-refractivity contribution in [3.63, 3.8) is 0 Å². The maximum absolute atomic E-state index is 13.5. The lowest BCUT2D eigenvalue weighted by Crippen LogP contribution is -2.31. The van der Waals surface area contributed by atoms with Crippen molar-refractivity contribution in [2.75, 3.05) is 0 Å². The molecule has 1 amide bonds. The number of hydrogen-bond donors (Lipinski definition) is 2. The van der Waals surface area contributed by atoms with Crippen LogP contribution in [-0.4, -0.2) is 25.7 Å². The van der Waals surface area contributed by atoms with Crippen molar-refractivity contribution in [3.05, 3.63) is 86.5 Å². The number of benzene rings is 1. The predicted octanol–water partition coefficient (Wildman–Crippen LogP) is 3.04. The summed E-state index contributed by atoms with van der Waals surface area (Å²) in [5.41, 5.74) is 3.20. The number of amides is 1. The maximum Gasteiger partial charge on any atom is 0.272 e. The molecule has 0 radical (unpaired) electrons. The fourth-order valence-electron chi connectivity index (χ4n) is 3.60. The van der Waals surface area contributed by atoms with E-state index in [0.29, 0.717) is 40.3 Å². The van der Waals surface area contributed by atoms with E-state index in [1.807, 2.05) is 13.8 Å². The van der Waals surface area contributed by atoms with Crippen LogP contribution >= 0.6 is 0 Å². The zero-order valence-electron chi connectivity index (χ0n) is 17.4. The smallest absolute Gasteiger partial charge is 0.272 e. The SMILES string of the molecule is CCc1noc(C)c1C(=O)NC(Cc1cc(=O)n2[nH]c(C)cc2n1)c1ccc(F)cc1. The minimum atomic E-state index is -0.540. The van der Waals surface area contributed by atoms with Crippen molar-refractivity contribution in [2.24, 2.45) is 0 Å². The monoisotopic (exact) mass is 423 g/mol. The number of hydrogen-bond acceptors (Lipinski definition) is 5. The number of aromatic nitrogens is 4. The number of aromatic amines is 1. The molecule has 9 heteroatoms. The highest BCUT2D eigenvalue weighted by molar-refractivity contribution is 5.96. The Kier molecular flexibility index (Phi) is 5.41. The quantitative estimate of drug-likeness (QED) is 0.496. The molecular weight excluding hydrogens is 401 g/mol. The van der Waals surface area contributed by atoms with Gasteiger partial charge in [0.2, 0.25) is 0 Å². The number of carbonyl (C=O) groups is 1. The van der Waals surface area contributed by atoms with Crippen LogP contribution in [-0.2, 0) is 12.8 Å². The van der Waals surface area contributed by atoms with E-state index in [-0.39, 0.29) is 23.7 Å². The van der Waals surface area contributed by atoms with Gasteiger partial charge in [0.25, 0.3) is 11.5 Å². The maximum atomic E-state index is 13.5. The number of H-pyrrole nitrogens is 1. The van der Waals surface area contributed by atoms with E-state index in [1.54, 1.807) is 25.1 Å². The van der Waals surface area contributed by atoms with Crippen LogP contribution in [0.5, 0.6) is 0 Å². The third kappa shape index (κ3) is 4.11. The van der Waals surface area contributed by atoms with Crippen LogP contribution in [0.4, 0.5) is 4.39 Å². The molecule has 31 heavy (non-hydrogen) atoms. The molecule has 8 nitrogen and oxygen atoms in total. The second kappa shape index (κ2) is 8.17. The molecule has 2 N–H and O–H groups in total. The number of halogens is 1. The summed E-state index contributed by atoms with van der Waals surface area (Å²) in [4.78, 5) is 30.0. The lowest BCUT2D eigenvalue weighted by atomic mass is 10.0. The fraction of sp³-hybridized carbons (Fsp3) is 0.273. The van der Waals surface area contributed by atoms with Gasteiger partial charge in [-0.2, -0.15) is 0 Å². The Morgan fingerprint density at radius 2 is 2.00 bits per heavy atom. The number of carbonyl (C=O) groups excluding carboxylic acids is 1. The predicted molar refractivity (Wildman–Crippen MR) is 111 cm³/mol. The Morgan fingerprint density at radius 1 is 1.26 bits per heavy atom. The molecule has 4 rings (SSSR count). The number of rotatable bonds is 6. The van der Waals surface area contributed by atoms with Crippen LogP contribution in [0, 0.1) is 19.7 Å². The summed E-state index contributed by atoms with van der Waals surface area (Å²) < 4.78 is 20.0. The van der Waals surface area contributed by atoms with Crippen molar-refractivity contribution in [1.82, 2.24) is 25.1 Å². The minimum Gasteiger partial charge on any atom is -0.361 e. The van der Waals surface area contributed by atoms with Crippen LogP contribution in [0.15, 0.2) is 45.7 Å². The lowest BCUT2D eigenvalue weighted by molar-refractivity contribution is 0.0934. The molecule has 4 aromatic rings. The third-order valence-corrected chi connectivity index (χ3v) is 5.12. The largest absolute Gasteiger partial charge is 0.361 e. The molecule has 160 valence electrons. The van der Waals surface area contributed by atoms with Gasteiger partial charge in [-0.3, -0.25) is 14.7 Å². The fourth-order valence-corrected chi connectivity index (χ4v) is 3.60. The second-order valence-corrected chi connectivity index (χ2v) is 7.41. The van der Waals surface area contributed by atoms with Gasteiger partial charge in [0, 0.05) is 24.2 Å². The number of nitrogens with zero attached hydrogens (tertiary/aromatic N) is 3. The first kappa shape index (κ1) is 20.5. The van der Waals surface area contributed by atoms with Gasteiger partial charge in [-0.05, 0) is 38.0 Å². The summed E-state index contributed by atoms with van der Waals surface area (Å²) in [6.45, 7) is 5.40. The number of nitrogens with one attached hydrogen (secondary N) is 2. The molecule has 1 unspecified atom stereocenters. The van der Waals surface area contributed by atoms with Gasteiger partial charge in [0.1, 0.15) is 17.1 Å². The summed E-state index contributed by atoms with van der Waals surface area (Å²) in [5.74, 6) is -0.300. The lowest BCUT2D eigenvalue weighted by Gasteiger charge is -2.19. The highest BCUT2D eigenvalue weighted by Crippen LogP contribution is 2.21. The van der Waals surface area contributed by atoms with E-state index >= 15 is 0 Å². The van der Waals surface area contributed by atoms with E-state index in [2.05, 4.69) is 20.6 Å². The van der Waals surface area contributed by atoms with Crippen LogP contribution in [0.1, 0.15) is 51.7 Å². The summed E-state index contributed by atoms with van der Waals surface area (Å²) in [7, 11) is 0. The van der Waals surface area contributed by atoms with E-state index < -0.39 is 6.04 Å². The van der Waals surface area contributed by atoms with Crippen molar-refractivity contribution in [2.45, 2.75) is 39.7 Å². The molecule has 0 bridgehead atoms. The molecule has 0 aliphatic rings. The van der Waals surface area contributed by atoms with Gasteiger partial charge in [-0.25, -0.2) is 13.9 Å². The molecule has 0 fully saturated rings. The van der Waals surface area contributed by atoms with Crippen molar-refractivity contribution in [3.8, 4) is 0 Å². The molecule has 0 aliphatic heterocycles. The van der Waals surface area contributed by atoms with Crippen LogP contribution in [0.25, 0.3) is 5.65 Å². The first-order valence-corrected chi connectivity index (χ1v) is 9.95. The van der Waals surface area contributed by atoms with Crippen LogP contribution < -0.4 is 10.9 Å². The molecule has 0 spiro atoms. The Labute approximate surface area is 177 Å². The van der Waals surface area contributed by atoms with Gasteiger partial charge in [-0.15, -0.1) is 0 Å². The Bertz CT molecular complexity index is 1300. The van der Waals surface area contributed by atoms with Gasteiger partial charge in [0.05, 0.1) is 17.4 Å². The highest BCUT2D eigenvalue weighted by atomic mass is 19.1. The average Bonchev–Trinajstić information content (AvgIpc) is 3.30. The molecule has 0 saturated heterocycles. The summed E-state index contributed by atoms with van der Waals surface area (Å²) in [6.07, 6.45) is 0.794. The molecule has 0 aliphatic carbocycles. The van der Waals surface area contributed by atoms with Crippen molar-refractivity contribution in [1.29, 1.82) is 0 Å². The first-order valence-electron chi connectivity index (χ1n) is 9.95. The average molecular weight is 423 g/mol. The van der Waals surface area contributed by atoms with Gasteiger partial charge in [-0.1, -0.05) is 24.2 Å². The topological polar surface area (TPSA) is 105 Å². The highest BCUT2D eigenvalue weighted by Gasteiger charge is 2.24.